The monoisotopic (exact) mass is 349 g/mol. The molecule has 1 unspecified atom stereocenters. The topological polar surface area (TPSA) is 37.4 Å². The Bertz CT molecular complexity index is 628. The van der Waals surface area contributed by atoms with E-state index in [1.165, 1.54) is 17.8 Å². The normalized spacial score (nSPS) is 23.0. The average Bonchev–Trinajstić information content (AvgIpc) is 3.14. The number of halogens is 1. The number of carbonyl (C=O) groups excluding carboxylic acids is 2. The van der Waals surface area contributed by atoms with Crippen molar-refractivity contribution in [3.63, 3.8) is 0 Å². The largest absolute Gasteiger partial charge is 0.341 e. The first-order valence-electron chi connectivity index (χ1n) is 8.66. The van der Waals surface area contributed by atoms with Gasteiger partial charge in [0.15, 0.2) is 5.12 Å². The standard InChI is InChI=1S/C19H24FNO2S/c1-14(22)24-12-15-10-18(23)21(11-15)13-19(8-4-5-9-19)16-6-2-3-7-17(16)20/h2-3,6-7,15H,4-5,8-13H2,1H3. The summed E-state index contributed by atoms with van der Waals surface area (Å²) in [6, 6.07) is 7.01. The van der Waals surface area contributed by atoms with Gasteiger partial charge in [0.2, 0.25) is 5.91 Å². The molecule has 0 bridgehead atoms. The van der Waals surface area contributed by atoms with E-state index in [4.69, 9.17) is 0 Å². The molecule has 1 aliphatic heterocycles. The molecule has 1 saturated carbocycles. The van der Waals surface area contributed by atoms with Gasteiger partial charge in [-0.15, -0.1) is 0 Å². The third kappa shape index (κ3) is 3.66. The highest BCUT2D eigenvalue weighted by Gasteiger charge is 2.42. The molecule has 1 saturated heterocycles. The molecule has 0 N–H and O–H groups in total. The molecule has 1 aliphatic carbocycles. The van der Waals surface area contributed by atoms with Crippen molar-refractivity contribution >= 4 is 22.8 Å². The summed E-state index contributed by atoms with van der Waals surface area (Å²) in [5.41, 5.74) is 0.515. The zero-order valence-electron chi connectivity index (χ0n) is 14.1. The van der Waals surface area contributed by atoms with Crippen molar-refractivity contribution < 1.29 is 14.0 Å². The summed E-state index contributed by atoms with van der Waals surface area (Å²) in [7, 11) is 0. The first kappa shape index (κ1) is 17.5. The summed E-state index contributed by atoms with van der Waals surface area (Å²) >= 11 is 1.30. The Morgan fingerprint density at radius 3 is 2.71 bits per heavy atom. The molecule has 1 atom stereocenters. The van der Waals surface area contributed by atoms with Crippen molar-refractivity contribution in [3.8, 4) is 0 Å². The second-order valence-electron chi connectivity index (χ2n) is 7.11. The summed E-state index contributed by atoms with van der Waals surface area (Å²) in [6.07, 6.45) is 4.54. The van der Waals surface area contributed by atoms with Crippen LogP contribution in [0.2, 0.25) is 0 Å². The maximum absolute atomic E-state index is 14.4. The van der Waals surface area contributed by atoms with Crippen LogP contribution >= 0.6 is 11.8 Å². The summed E-state index contributed by atoms with van der Waals surface area (Å²) in [6.45, 7) is 2.86. The van der Waals surface area contributed by atoms with E-state index in [1.54, 1.807) is 13.0 Å². The Morgan fingerprint density at radius 1 is 1.33 bits per heavy atom. The van der Waals surface area contributed by atoms with Crippen LogP contribution in [-0.2, 0) is 15.0 Å². The molecule has 1 amide bonds. The van der Waals surface area contributed by atoms with Crippen molar-refractivity contribution in [2.75, 3.05) is 18.8 Å². The van der Waals surface area contributed by atoms with Gasteiger partial charge in [-0.3, -0.25) is 9.59 Å². The van der Waals surface area contributed by atoms with Crippen molar-refractivity contribution in [2.45, 2.75) is 44.4 Å². The Balaban J connectivity index is 1.74. The summed E-state index contributed by atoms with van der Waals surface area (Å²) < 4.78 is 14.4. The number of carbonyl (C=O) groups is 2. The lowest BCUT2D eigenvalue weighted by molar-refractivity contribution is -0.128. The fourth-order valence-electron chi connectivity index (χ4n) is 4.17. The van der Waals surface area contributed by atoms with Gasteiger partial charge in [0.05, 0.1) is 0 Å². The highest BCUT2D eigenvalue weighted by Crippen LogP contribution is 2.43. The average molecular weight is 349 g/mol. The molecule has 2 aliphatic rings. The molecule has 0 aromatic heterocycles. The minimum atomic E-state index is -0.246. The summed E-state index contributed by atoms with van der Waals surface area (Å²) in [5, 5.41) is 0.0968. The molecule has 2 fully saturated rings. The van der Waals surface area contributed by atoms with E-state index in [0.29, 0.717) is 25.3 Å². The fourth-order valence-corrected chi connectivity index (χ4v) is 4.87. The Morgan fingerprint density at radius 2 is 2.04 bits per heavy atom. The van der Waals surface area contributed by atoms with Crippen molar-refractivity contribution in [2.24, 2.45) is 5.92 Å². The van der Waals surface area contributed by atoms with Gasteiger partial charge >= 0.3 is 0 Å². The zero-order valence-corrected chi connectivity index (χ0v) is 14.9. The second kappa shape index (κ2) is 7.26. The molecule has 3 rings (SSSR count). The quantitative estimate of drug-likeness (QED) is 0.812. The number of benzene rings is 1. The van der Waals surface area contributed by atoms with E-state index in [1.807, 2.05) is 17.0 Å². The van der Waals surface area contributed by atoms with Gasteiger partial charge in [-0.1, -0.05) is 42.8 Å². The molecule has 24 heavy (non-hydrogen) atoms. The number of rotatable bonds is 5. The van der Waals surface area contributed by atoms with Gasteiger partial charge in [0.25, 0.3) is 0 Å². The SMILES string of the molecule is CC(=O)SCC1CC(=O)N(CC2(c3ccccc3F)CCCC2)C1. The van der Waals surface area contributed by atoms with Gasteiger partial charge in [-0.25, -0.2) is 4.39 Å². The van der Waals surface area contributed by atoms with Crippen LogP contribution in [-0.4, -0.2) is 34.8 Å². The number of hydrogen-bond acceptors (Lipinski definition) is 3. The lowest BCUT2D eigenvalue weighted by Crippen LogP contribution is -2.40. The summed E-state index contributed by atoms with van der Waals surface area (Å²) in [5.74, 6) is 0.913. The highest BCUT2D eigenvalue weighted by molar-refractivity contribution is 8.13. The first-order chi connectivity index (χ1) is 11.5. The number of hydrogen-bond donors (Lipinski definition) is 0. The van der Waals surface area contributed by atoms with Crippen LogP contribution < -0.4 is 0 Å². The van der Waals surface area contributed by atoms with E-state index >= 15 is 0 Å². The predicted octanol–water partition coefficient (Wildman–Crippen LogP) is 3.77. The molecule has 0 spiro atoms. The fraction of sp³-hybridized carbons (Fsp3) is 0.579. The Kier molecular flexibility index (Phi) is 5.28. The zero-order chi connectivity index (χ0) is 17.2. The molecule has 130 valence electrons. The highest BCUT2D eigenvalue weighted by atomic mass is 32.2. The van der Waals surface area contributed by atoms with Crippen LogP contribution in [0.4, 0.5) is 4.39 Å². The molecule has 5 heteroatoms. The number of likely N-dealkylation sites (tertiary alicyclic amines) is 1. The van der Waals surface area contributed by atoms with Gasteiger partial charge in [-0.05, 0) is 30.4 Å². The molecule has 1 heterocycles. The maximum atomic E-state index is 14.4. The number of amides is 1. The van der Waals surface area contributed by atoms with E-state index in [9.17, 15) is 14.0 Å². The van der Waals surface area contributed by atoms with Crippen LogP contribution in [0.5, 0.6) is 0 Å². The third-order valence-electron chi connectivity index (χ3n) is 5.32. The molecule has 1 aromatic rings. The van der Waals surface area contributed by atoms with Crippen LogP contribution in [0.1, 0.15) is 44.6 Å². The molecular formula is C19H24FNO2S. The number of thioether (sulfide) groups is 1. The maximum Gasteiger partial charge on any atom is 0.222 e. The minimum absolute atomic E-state index is 0.0968. The third-order valence-corrected chi connectivity index (χ3v) is 6.36. The van der Waals surface area contributed by atoms with E-state index in [0.717, 1.165) is 31.2 Å². The van der Waals surface area contributed by atoms with Gasteiger partial charge < -0.3 is 4.90 Å². The van der Waals surface area contributed by atoms with Crippen LogP contribution in [0, 0.1) is 11.7 Å². The van der Waals surface area contributed by atoms with Gasteiger partial charge in [-0.2, -0.15) is 0 Å². The lowest BCUT2D eigenvalue weighted by Gasteiger charge is -2.34. The van der Waals surface area contributed by atoms with Gasteiger partial charge in [0.1, 0.15) is 5.82 Å². The lowest BCUT2D eigenvalue weighted by atomic mass is 9.78. The molecular weight excluding hydrogens is 325 g/mol. The smallest absolute Gasteiger partial charge is 0.222 e. The number of nitrogens with zero attached hydrogens (tertiary/aromatic N) is 1. The van der Waals surface area contributed by atoms with Crippen molar-refractivity contribution in [1.82, 2.24) is 4.90 Å². The van der Waals surface area contributed by atoms with Crippen molar-refractivity contribution in [3.05, 3.63) is 35.6 Å². The van der Waals surface area contributed by atoms with E-state index in [-0.39, 0.29) is 28.2 Å². The molecule has 3 nitrogen and oxygen atoms in total. The van der Waals surface area contributed by atoms with Crippen LogP contribution in [0.15, 0.2) is 24.3 Å². The van der Waals surface area contributed by atoms with Crippen LogP contribution in [0.3, 0.4) is 0 Å². The molecule has 1 aromatic carbocycles. The van der Waals surface area contributed by atoms with E-state index in [2.05, 4.69) is 0 Å². The van der Waals surface area contributed by atoms with Crippen molar-refractivity contribution in [1.29, 1.82) is 0 Å². The first-order valence-corrected chi connectivity index (χ1v) is 9.65. The minimum Gasteiger partial charge on any atom is -0.341 e. The Labute approximate surface area is 147 Å². The predicted molar refractivity (Wildman–Crippen MR) is 94.4 cm³/mol. The van der Waals surface area contributed by atoms with Crippen LogP contribution in [0.25, 0.3) is 0 Å². The molecule has 0 radical (unpaired) electrons. The summed E-state index contributed by atoms with van der Waals surface area (Å²) in [4.78, 5) is 25.5. The van der Waals surface area contributed by atoms with E-state index < -0.39 is 0 Å². The van der Waals surface area contributed by atoms with Gasteiger partial charge in [0, 0.05) is 37.6 Å². The Hall–Kier alpha value is -1.36. The second-order valence-corrected chi connectivity index (χ2v) is 8.31.